The summed E-state index contributed by atoms with van der Waals surface area (Å²) < 4.78 is 0. The summed E-state index contributed by atoms with van der Waals surface area (Å²) in [6.45, 7) is 10.5. The molecule has 1 aromatic carbocycles. The fraction of sp³-hybridized carbons (Fsp3) is 0.609. The van der Waals surface area contributed by atoms with Gasteiger partial charge in [0.25, 0.3) is 5.91 Å². The Morgan fingerprint density at radius 1 is 1.21 bits per heavy atom. The van der Waals surface area contributed by atoms with Crippen LogP contribution in [-0.2, 0) is 9.59 Å². The summed E-state index contributed by atoms with van der Waals surface area (Å²) in [5.41, 5.74) is 1.10. The summed E-state index contributed by atoms with van der Waals surface area (Å²) in [5, 5.41) is 5.76. The van der Waals surface area contributed by atoms with Gasteiger partial charge in [-0.25, -0.2) is 4.79 Å². The van der Waals surface area contributed by atoms with Crippen LogP contribution in [0.2, 0.25) is 0 Å². The Morgan fingerprint density at radius 2 is 1.83 bits per heavy atom. The number of urea groups is 1. The van der Waals surface area contributed by atoms with Crippen molar-refractivity contribution < 1.29 is 14.4 Å². The third kappa shape index (κ3) is 4.31. The molecule has 1 saturated heterocycles. The molecule has 1 saturated carbocycles. The zero-order chi connectivity index (χ0) is 21.4. The van der Waals surface area contributed by atoms with Crippen LogP contribution in [0.15, 0.2) is 24.3 Å². The van der Waals surface area contributed by atoms with Gasteiger partial charge in [-0.1, -0.05) is 52.8 Å². The third-order valence-corrected chi connectivity index (χ3v) is 6.47. The third-order valence-electron chi connectivity index (χ3n) is 6.47. The van der Waals surface area contributed by atoms with Crippen molar-refractivity contribution in [3.8, 4) is 0 Å². The molecule has 2 aliphatic rings. The Bertz CT molecular complexity index is 802. The number of rotatable bonds is 4. The number of amides is 4. The number of benzene rings is 1. The van der Waals surface area contributed by atoms with Crippen molar-refractivity contribution in [2.45, 2.75) is 71.8 Å². The highest BCUT2D eigenvalue weighted by Gasteiger charge is 2.53. The van der Waals surface area contributed by atoms with Gasteiger partial charge in [-0.05, 0) is 54.6 Å². The van der Waals surface area contributed by atoms with Gasteiger partial charge in [0.05, 0.1) is 0 Å². The number of hydrogen-bond acceptors (Lipinski definition) is 3. The predicted molar refractivity (Wildman–Crippen MR) is 114 cm³/mol. The normalized spacial score (nSPS) is 24.9. The Kier molecular flexibility index (Phi) is 5.74. The molecule has 29 heavy (non-hydrogen) atoms. The fourth-order valence-corrected chi connectivity index (χ4v) is 4.58. The first kappa shape index (κ1) is 21.3. The van der Waals surface area contributed by atoms with E-state index in [0.29, 0.717) is 18.8 Å². The lowest BCUT2D eigenvalue weighted by Crippen LogP contribution is -2.51. The Balaban J connectivity index is 1.66. The number of nitrogens with zero attached hydrogens (tertiary/aromatic N) is 1. The first-order chi connectivity index (χ1) is 13.5. The molecule has 1 spiro atoms. The van der Waals surface area contributed by atoms with Crippen LogP contribution in [-0.4, -0.2) is 34.8 Å². The molecular formula is C23H33N3O3. The number of carbonyl (C=O) groups excluding carboxylic acids is 3. The van der Waals surface area contributed by atoms with E-state index in [9.17, 15) is 14.4 Å². The molecule has 6 nitrogen and oxygen atoms in total. The van der Waals surface area contributed by atoms with E-state index in [-0.39, 0.29) is 29.7 Å². The van der Waals surface area contributed by atoms with Crippen molar-refractivity contribution in [3.63, 3.8) is 0 Å². The SMILES string of the molecule is CC(C)c1ccccc1NC(=O)CN1C(=O)NC2(CCC(C(C)(C)C)CC2)C1=O. The summed E-state index contributed by atoms with van der Waals surface area (Å²) in [5.74, 6) is 0.163. The highest BCUT2D eigenvalue weighted by molar-refractivity contribution is 6.10. The maximum atomic E-state index is 13.1. The van der Waals surface area contributed by atoms with Crippen molar-refractivity contribution >= 4 is 23.5 Å². The van der Waals surface area contributed by atoms with Gasteiger partial charge in [-0.3, -0.25) is 14.5 Å². The van der Waals surface area contributed by atoms with E-state index in [2.05, 4.69) is 45.3 Å². The van der Waals surface area contributed by atoms with Crippen molar-refractivity contribution in [1.29, 1.82) is 0 Å². The highest BCUT2D eigenvalue weighted by atomic mass is 16.2. The minimum atomic E-state index is -0.838. The molecule has 1 aliphatic heterocycles. The Morgan fingerprint density at radius 3 is 2.41 bits per heavy atom. The first-order valence-electron chi connectivity index (χ1n) is 10.6. The average molecular weight is 400 g/mol. The smallest absolute Gasteiger partial charge is 0.324 e. The van der Waals surface area contributed by atoms with E-state index >= 15 is 0 Å². The maximum absolute atomic E-state index is 13.1. The monoisotopic (exact) mass is 399 g/mol. The van der Waals surface area contributed by atoms with Gasteiger partial charge < -0.3 is 10.6 Å². The van der Waals surface area contributed by atoms with Gasteiger partial charge in [-0.15, -0.1) is 0 Å². The van der Waals surface area contributed by atoms with E-state index in [1.165, 1.54) is 0 Å². The molecule has 0 bridgehead atoms. The minimum absolute atomic E-state index is 0.191. The first-order valence-corrected chi connectivity index (χ1v) is 10.6. The molecule has 0 radical (unpaired) electrons. The summed E-state index contributed by atoms with van der Waals surface area (Å²) >= 11 is 0. The van der Waals surface area contributed by atoms with Crippen molar-refractivity contribution in [2.24, 2.45) is 11.3 Å². The van der Waals surface area contributed by atoms with Crippen LogP contribution in [0.3, 0.4) is 0 Å². The zero-order valence-corrected chi connectivity index (χ0v) is 18.2. The lowest BCUT2D eigenvalue weighted by molar-refractivity contribution is -0.135. The standard InChI is InChI=1S/C23H33N3O3/c1-15(2)17-8-6-7-9-18(17)24-19(27)14-26-20(28)23(25-21(26)29)12-10-16(11-13-23)22(3,4)5/h6-9,15-16H,10-14H2,1-5H3,(H,24,27)(H,25,29). The predicted octanol–water partition coefficient (Wildman–Crippen LogP) is 4.28. The summed E-state index contributed by atoms with van der Waals surface area (Å²) in [6.07, 6.45) is 3.07. The topological polar surface area (TPSA) is 78.5 Å². The largest absolute Gasteiger partial charge is 0.325 e. The number of anilines is 1. The van der Waals surface area contributed by atoms with Crippen molar-refractivity contribution in [3.05, 3.63) is 29.8 Å². The summed E-state index contributed by atoms with van der Waals surface area (Å²) in [6, 6.07) is 7.14. The van der Waals surface area contributed by atoms with Crippen molar-refractivity contribution in [1.82, 2.24) is 10.2 Å². The second-order valence-corrected chi connectivity index (χ2v) is 9.83. The zero-order valence-electron chi connectivity index (χ0n) is 18.2. The van der Waals surface area contributed by atoms with Crippen LogP contribution in [0, 0.1) is 11.3 Å². The van der Waals surface area contributed by atoms with Gasteiger partial charge in [0.2, 0.25) is 5.91 Å². The van der Waals surface area contributed by atoms with E-state index in [0.717, 1.165) is 29.0 Å². The number of para-hydroxylation sites is 1. The minimum Gasteiger partial charge on any atom is -0.324 e. The summed E-state index contributed by atoms with van der Waals surface area (Å²) in [4.78, 5) is 39.3. The van der Waals surface area contributed by atoms with Crippen LogP contribution in [0.4, 0.5) is 10.5 Å². The van der Waals surface area contributed by atoms with Crippen molar-refractivity contribution in [2.75, 3.05) is 11.9 Å². The maximum Gasteiger partial charge on any atom is 0.325 e. The van der Waals surface area contributed by atoms with Crippen LogP contribution in [0.1, 0.15) is 71.8 Å². The molecule has 1 aliphatic carbocycles. The van der Waals surface area contributed by atoms with E-state index in [1.54, 1.807) is 0 Å². The Labute approximate surface area is 173 Å². The van der Waals surface area contributed by atoms with Crippen LogP contribution in [0.5, 0.6) is 0 Å². The highest BCUT2D eigenvalue weighted by Crippen LogP contribution is 2.43. The molecule has 2 fully saturated rings. The van der Waals surface area contributed by atoms with Gasteiger partial charge >= 0.3 is 6.03 Å². The van der Waals surface area contributed by atoms with Gasteiger partial charge in [0, 0.05) is 5.69 Å². The average Bonchev–Trinajstić information content (AvgIpc) is 2.85. The lowest BCUT2D eigenvalue weighted by Gasteiger charge is -2.40. The van der Waals surface area contributed by atoms with E-state index < -0.39 is 11.6 Å². The van der Waals surface area contributed by atoms with Gasteiger partial charge in [-0.2, -0.15) is 0 Å². The molecule has 1 aromatic rings. The molecule has 0 aromatic heterocycles. The summed E-state index contributed by atoms with van der Waals surface area (Å²) in [7, 11) is 0. The number of imide groups is 1. The number of carbonyl (C=O) groups is 3. The van der Waals surface area contributed by atoms with Crippen LogP contribution in [0.25, 0.3) is 0 Å². The van der Waals surface area contributed by atoms with Crippen LogP contribution < -0.4 is 10.6 Å². The molecule has 158 valence electrons. The molecule has 0 unspecified atom stereocenters. The molecule has 3 rings (SSSR count). The molecule has 1 heterocycles. The van der Waals surface area contributed by atoms with Gasteiger partial charge in [0.1, 0.15) is 12.1 Å². The van der Waals surface area contributed by atoms with E-state index in [1.807, 2.05) is 24.3 Å². The Hall–Kier alpha value is -2.37. The fourth-order valence-electron chi connectivity index (χ4n) is 4.58. The van der Waals surface area contributed by atoms with E-state index in [4.69, 9.17) is 0 Å². The quantitative estimate of drug-likeness (QED) is 0.742. The molecule has 4 amide bonds. The lowest BCUT2D eigenvalue weighted by atomic mass is 9.67. The second-order valence-electron chi connectivity index (χ2n) is 9.83. The van der Waals surface area contributed by atoms with Gasteiger partial charge in [0.15, 0.2) is 0 Å². The molecule has 2 N–H and O–H groups in total. The molecular weight excluding hydrogens is 366 g/mol. The number of hydrogen-bond donors (Lipinski definition) is 2. The number of nitrogens with one attached hydrogen (secondary N) is 2. The molecule has 6 heteroatoms. The molecule has 0 atom stereocenters. The second kappa shape index (κ2) is 7.81. The van der Waals surface area contributed by atoms with Crippen LogP contribution >= 0.6 is 0 Å².